The van der Waals surface area contributed by atoms with Gasteiger partial charge in [-0.3, -0.25) is 0 Å². The summed E-state index contributed by atoms with van der Waals surface area (Å²) in [5.41, 5.74) is 0. The molecule has 0 atom stereocenters. The third-order valence-corrected chi connectivity index (χ3v) is 0. The Kier molecular flexibility index (Phi) is 436. The summed E-state index contributed by atoms with van der Waals surface area (Å²) in [6.07, 6.45) is 0. The second-order valence-corrected chi connectivity index (χ2v) is 0. The fourth-order valence-corrected chi connectivity index (χ4v) is 0. The topological polar surface area (TPSA) is 47.6 Å². The van der Waals surface area contributed by atoms with E-state index < -0.39 is 0 Å². The van der Waals surface area contributed by atoms with Crippen molar-refractivity contribution >= 4 is 0 Å². The van der Waals surface area contributed by atoms with E-state index in [0.29, 0.717) is 0 Å². The van der Waals surface area contributed by atoms with Gasteiger partial charge in [0.25, 0.3) is 0 Å². The molecule has 0 aromatic rings. The van der Waals surface area contributed by atoms with E-state index in [1.54, 1.807) is 0 Å². The average molecular weight is 199 g/mol. The Balaban J connectivity index is -0.00000000500. The number of rotatable bonds is 0. The normalized spacial score (nSPS) is 0.667. The van der Waals surface area contributed by atoms with Crippen molar-refractivity contribution in [2.75, 3.05) is 0 Å². The minimum atomic E-state index is 0. The van der Waals surface area contributed by atoms with E-state index in [4.69, 9.17) is 23.7 Å². The van der Waals surface area contributed by atoms with Gasteiger partial charge in [0.15, 0.2) is 0 Å². The van der Waals surface area contributed by atoms with Gasteiger partial charge >= 0.3 is 51.4 Å². The maximum absolute atomic E-state index is 6.25. The molecule has 0 saturated carbocycles. The minimum absolute atomic E-state index is 0. The Labute approximate surface area is 95.5 Å². The van der Waals surface area contributed by atoms with Crippen molar-refractivity contribution in [3.8, 4) is 0 Å². The van der Waals surface area contributed by atoms with E-state index in [0.717, 1.165) is 0 Å². The molecule has 0 amide bonds. The van der Waals surface area contributed by atoms with E-state index in [2.05, 4.69) is 0 Å². The first-order chi connectivity index (χ1) is 2.00. The van der Waals surface area contributed by atoms with Gasteiger partial charge in [0.2, 0.25) is 0 Å². The molecule has 0 saturated heterocycles. The predicted octanol–water partition coefficient (Wildman–Crippen LogP) is -2.81. The van der Waals surface area contributed by atoms with Crippen molar-refractivity contribution in [1.82, 2.24) is 0 Å². The maximum atomic E-state index is 6.25. The van der Waals surface area contributed by atoms with Crippen LogP contribution in [0.3, 0.4) is 0 Å². The molecule has 0 aliphatic rings. The molecule has 4 heteroatoms. The van der Waals surface area contributed by atoms with Crippen molar-refractivity contribution < 1.29 is 73.8 Å². The number of nitrogens with zero attached hydrogens (tertiary/aromatic N) is 2. The van der Waals surface area contributed by atoms with Gasteiger partial charge in [0.05, 0.1) is 0 Å². The molecule has 6 heavy (non-hydrogen) atoms. The zero-order valence-corrected chi connectivity index (χ0v) is 7.80. The molecule has 0 rings (SSSR count). The molecule has 0 N–H and O–H groups in total. The molecule has 0 aromatic heterocycles. The van der Waals surface area contributed by atoms with Crippen LogP contribution in [-0.2, 0) is 22.4 Å². The van der Waals surface area contributed by atoms with Crippen LogP contribution < -0.4 is 51.4 Å². The standard InChI is InChI=1S/2CN.Ag.K/c2*1-2;;/q2*-1;;+1. The van der Waals surface area contributed by atoms with Crippen LogP contribution in [0.15, 0.2) is 0 Å². The van der Waals surface area contributed by atoms with E-state index in [1.165, 1.54) is 0 Å². The van der Waals surface area contributed by atoms with Crippen molar-refractivity contribution in [1.29, 1.82) is 10.5 Å². The van der Waals surface area contributed by atoms with Crippen LogP contribution in [0.2, 0.25) is 0 Å². The van der Waals surface area contributed by atoms with Crippen molar-refractivity contribution in [3.05, 3.63) is 13.1 Å². The summed E-state index contributed by atoms with van der Waals surface area (Å²) >= 11 is 0. The molecule has 0 heterocycles. The van der Waals surface area contributed by atoms with Gasteiger partial charge in [-0.1, -0.05) is 0 Å². The first-order valence-electron chi connectivity index (χ1n) is 0.447. The fourth-order valence-electron chi connectivity index (χ4n) is 0. The zero-order chi connectivity index (χ0) is 4.00. The summed E-state index contributed by atoms with van der Waals surface area (Å²) in [4.78, 5) is 0. The van der Waals surface area contributed by atoms with Gasteiger partial charge in [-0.25, -0.2) is 0 Å². The monoisotopic (exact) mass is 198 g/mol. The van der Waals surface area contributed by atoms with Gasteiger partial charge in [-0.05, 0) is 0 Å². The quantitative estimate of drug-likeness (QED) is 0.312. The van der Waals surface area contributed by atoms with Crippen LogP contribution in [0, 0.1) is 23.7 Å². The van der Waals surface area contributed by atoms with Crippen molar-refractivity contribution in [3.63, 3.8) is 0 Å². The van der Waals surface area contributed by atoms with Gasteiger partial charge in [-0.15, -0.1) is 0 Å². The Morgan fingerprint density at radius 2 is 0.833 bits per heavy atom. The predicted molar refractivity (Wildman–Crippen MR) is 9.94 cm³/mol. The summed E-state index contributed by atoms with van der Waals surface area (Å²) in [6.45, 7) is 9.50. The van der Waals surface area contributed by atoms with Crippen LogP contribution in [0.25, 0.3) is 0 Å². The van der Waals surface area contributed by atoms with E-state index in [-0.39, 0.29) is 73.8 Å². The molecular formula is C2AgKN2-. The van der Waals surface area contributed by atoms with E-state index in [9.17, 15) is 0 Å². The maximum Gasteiger partial charge on any atom is 1.00 e. The molecule has 0 fully saturated rings. The molecule has 2 nitrogen and oxygen atoms in total. The molecule has 0 aromatic carbocycles. The van der Waals surface area contributed by atoms with Crippen molar-refractivity contribution in [2.45, 2.75) is 0 Å². The summed E-state index contributed by atoms with van der Waals surface area (Å²) in [6, 6.07) is 0. The average Bonchev–Trinajstić information content (AvgIpc) is 1.50. The fraction of sp³-hybridized carbons (Fsp3) is 0. The smallest absolute Gasteiger partial charge is 0.512 e. The Bertz CT molecular complexity index is 27.0. The molecular weight excluding hydrogens is 199 g/mol. The first kappa shape index (κ1) is 26.4. The van der Waals surface area contributed by atoms with Crippen LogP contribution in [-0.4, -0.2) is 0 Å². The summed E-state index contributed by atoms with van der Waals surface area (Å²) in [5, 5.41) is 12.5. The van der Waals surface area contributed by atoms with E-state index in [1.807, 2.05) is 0 Å². The SMILES string of the molecule is [Ag].[C-]#N.[C-]#N.[K+]. The summed E-state index contributed by atoms with van der Waals surface area (Å²) < 4.78 is 0. The second-order valence-electron chi connectivity index (χ2n) is 0. The van der Waals surface area contributed by atoms with Gasteiger partial charge in [-0.2, -0.15) is 0 Å². The molecule has 0 aliphatic carbocycles. The summed E-state index contributed by atoms with van der Waals surface area (Å²) in [7, 11) is 0. The second kappa shape index (κ2) is 99.1. The molecule has 0 unspecified atom stereocenters. The molecule has 0 aliphatic heterocycles. The Hall–Kier alpha value is 1.36. The third kappa shape index (κ3) is 55.2. The van der Waals surface area contributed by atoms with Crippen LogP contribution >= 0.6 is 0 Å². The molecule has 0 bridgehead atoms. The zero-order valence-electron chi connectivity index (χ0n) is 3.20. The Morgan fingerprint density at radius 3 is 0.833 bits per heavy atom. The van der Waals surface area contributed by atoms with Crippen LogP contribution in [0.1, 0.15) is 0 Å². The molecule has 1 radical (unpaired) electrons. The van der Waals surface area contributed by atoms with Crippen molar-refractivity contribution in [2.24, 2.45) is 0 Å². The minimum Gasteiger partial charge on any atom is -0.512 e. The van der Waals surface area contributed by atoms with E-state index >= 15 is 0 Å². The van der Waals surface area contributed by atoms with Crippen LogP contribution in [0.5, 0.6) is 0 Å². The van der Waals surface area contributed by atoms with Gasteiger partial charge in [0.1, 0.15) is 0 Å². The van der Waals surface area contributed by atoms with Gasteiger partial charge < -0.3 is 23.7 Å². The first-order valence-corrected chi connectivity index (χ1v) is 0.447. The van der Waals surface area contributed by atoms with Gasteiger partial charge in [0, 0.05) is 22.4 Å². The Morgan fingerprint density at radius 1 is 0.833 bits per heavy atom. The van der Waals surface area contributed by atoms with Crippen LogP contribution in [0.4, 0.5) is 0 Å². The summed E-state index contributed by atoms with van der Waals surface area (Å²) in [5.74, 6) is 0. The largest absolute Gasteiger partial charge is 1.00 e. The molecule has 0 spiro atoms. The molecule has 31 valence electrons. The number of hydrogen-bond donors (Lipinski definition) is 0. The third-order valence-electron chi connectivity index (χ3n) is 0. The number of hydrogen-bond acceptors (Lipinski definition) is 2.